The van der Waals surface area contributed by atoms with Crippen LogP contribution in [0.25, 0.3) is 10.8 Å². The minimum absolute atomic E-state index is 0.117. The minimum atomic E-state index is -4.74. The Morgan fingerprint density at radius 3 is 2.28 bits per heavy atom. The Bertz CT molecular complexity index is 1160. The highest BCUT2D eigenvalue weighted by atomic mass is 19.4. The zero-order valence-corrected chi connectivity index (χ0v) is 20.6. The van der Waals surface area contributed by atoms with Gasteiger partial charge in [0.25, 0.3) is 0 Å². The highest BCUT2D eigenvalue weighted by molar-refractivity contribution is 5.84. The molecule has 3 aromatic rings. The maximum absolute atomic E-state index is 15.0. The second kappa shape index (κ2) is 11.6. The summed E-state index contributed by atoms with van der Waals surface area (Å²) in [5.41, 5.74) is 2.34. The smallest absolute Gasteiger partial charge is 0.406 e. The molecule has 0 atom stereocenters. The van der Waals surface area contributed by atoms with E-state index in [1.54, 1.807) is 12.1 Å². The van der Waals surface area contributed by atoms with Crippen molar-refractivity contribution in [3.05, 3.63) is 76.9 Å². The molecule has 0 aliphatic heterocycles. The average Bonchev–Trinajstić information content (AvgIpc) is 2.82. The molecule has 4 rings (SSSR count). The van der Waals surface area contributed by atoms with Crippen LogP contribution in [0.3, 0.4) is 0 Å². The van der Waals surface area contributed by atoms with E-state index in [2.05, 4.69) is 11.7 Å². The third-order valence-electron chi connectivity index (χ3n) is 7.44. The van der Waals surface area contributed by atoms with Gasteiger partial charge in [-0.15, -0.1) is 13.2 Å². The maximum Gasteiger partial charge on any atom is 0.573 e. The Kier molecular flexibility index (Phi) is 8.53. The molecule has 1 nitrogen and oxygen atoms in total. The molecule has 0 spiro atoms. The fourth-order valence-corrected chi connectivity index (χ4v) is 5.63. The highest BCUT2D eigenvalue weighted by Gasteiger charge is 2.31. The molecule has 1 aliphatic carbocycles. The normalized spacial score (nSPS) is 18.5. The van der Waals surface area contributed by atoms with Crippen LogP contribution < -0.4 is 4.74 Å². The van der Waals surface area contributed by atoms with Crippen molar-refractivity contribution in [2.24, 2.45) is 5.92 Å². The monoisotopic (exact) mass is 504 g/mol. The Balaban J connectivity index is 1.45. The van der Waals surface area contributed by atoms with E-state index < -0.39 is 18.0 Å². The molecule has 36 heavy (non-hydrogen) atoms. The van der Waals surface area contributed by atoms with Gasteiger partial charge in [-0.1, -0.05) is 56.9 Å². The van der Waals surface area contributed by atoms with Crippen molar-refractivity contribution < 1.29 is 26.7 Å². The lowest BCUT2D eigenvalue weighted by atomic mass is 9.75. The fraction of sp³-hybridized carbons (Fsp3) is 0.467. The Morgan fingerprint density at radius 1 is 0.833 bits per heavy atom. The number of halogens is 5. The van der Waals surface area contributed by atoms with E-state index in [4.69, 9.17) is 0 Å². The first-order chi connectivity index (χ1) is 17.2. The first kappa shape index (κ1) is 26.4. The first-order valence-electron chi connectivity index (χ1n) is 13.0. The van der Waals surface area contributed by atoms with Crippen LogP contribution in [0.5, 0.6) is 5.75 Å². The summed E-state index contributed by atoms with van der Waals surface area (Å²) in [6.45, 7) is 2.21. The van der Waals surface area contributed by atoms with E-state index in [1.165, 1.54) is 43.9 Å². The molecule has 0 unspecified atom stereocenters. The molecule has 1 aliphatic rings. The topological polar surface area (TPSA) is 9.23 Å². The summed E-state index contributed by atoms with van der Waals surface area (Å²) in [7, 11) is 0. The van der Waals surface area contributed by atoms with Crippen LogP contribution in [0.1, 0.15) is 80.9 Å². The summed E-state index contributed by atoms with van der Waals surface area (Å²) < 4.78 is 70.7. The number of unbranched alkanes of at least 4 members (excludes halogenated alkanes) is 2. The van der Waals surface area contributed by atoms with Crippen LogP contribution in [0.2, 0.25) is 0 Å². The van der Waals surface area contributed by atoms with Crippen molar-refractivity contribution in [2.45, 2.75) is 83.4 Å². The number of alkyl halides is 3. The lowest BCUT2D eigenvalue weighted by molar-refractivity contribution is -0.274. The number of aryl methyl sites for hydroxylation is 2. The first-order valence-corrected chi connectivity index (χ1v) is 13.0. The predicted molar refractivity (Wildman–Crippen MR) is 133 cm³/mol. The number of fused-ring (bicyclic) bond motifs is 1. The third-order valence-corrected chi connectivity index (χ3v) is 7.44. The summed E-state index contributed by atoms with van der Waals surface area (Å²) in [4.78, 5) is 0. The number of hydrogen-bond donors (Lipinski definition) is 0. The van der Waals surface area contributed by atoms with Crippen molar-refractivity contribution in [1.82, 2.24) is 0 Å². The summed E-state index contributed by atoms with van der Waals surface area (Å²) in [5.74, 6) is -0.445. The molecule has 1 saturated carbocycles. The third kappa shape index (κ3) is 6.98. The van der Waals surface area contributed by atoms with Crippen LogP contribution in [0, 0.1) is 17.6 Å². The molecule has 0 radical (unpaired) electrons. The van der Waals surface area contributed by atoms with Gasteiger partial charge >= 0.3 is 6.36 Å². The van der Waals surface area contributed by atoms with Gasteiger partial charge in [-0.3, -0.25) is 0 Å². The zero-order valence-electron chi connectivity index (χ0n) is 20.6. The summed E-state index contributed by atoms with van der Waals surface area (Å²) in [5, 5.41) is 1.42. The van der Waals surface area contributed by atoms with Crippen LogP contribution in [0.4, 0.5) is 22.0 Å². The molecule has 0 amide bonds. The lowest BCUT2D eigenvalue weighted by Gasteiger charge is -2.30. The molecular weight excluding hydrogens is 471 g/mol. The second-order valence-electron chi connectivity index (χ2n) is 10.1. The SMILES string of the molecule is CCCCCC1CCC(c2c(F)cc(F)cc2CCc2ccc3cc(OC(F)(F)F)ccc3c2)CC1. The van der Waals surface area contributed by atoms with Crippen molar-refractivity contribution in [3.8, 4) is 5.75 Å². The van der Waals surface area contributed by atoms with E-state index >= 15 is 0 Å². The number of benzene rings is 3. The highest BCUT2D eigenvalue weighted by Crippen LogP contribution is 2.40. The predicted octanol–water partition coefficient (Wildman–Crippen LogP) is 9.66. The maximum atomic E-state index is 15.0. The summed E-state index contributed by atoms with van der Waals surface area (Å²) >= 11 is 0. The second-order valence-corrected chi connectivity index (χ2v) is 10.1. The van der Waals surface area contributed by atoms with E-state index in [1.807, 2.05) is 12.1 Å². The zero-order chi connectivity index (χ0) is 25.7. The molecule has 194 valence electrons. The van der Waals surface area contributed by atoms with Crippen molar-refractivity contribution in [1.29, 1.82) is 0 Å². The molecule has 0 heterocycles. The Morgan fingerprint density at radius 2 is 1.56 bits per heavy atom. The van der Waals surface area contributed by atoms with Gasteiger partial charge in [0.15, 0.2) is 0 Å². The standard InChI is InChI=1S/C30H33F5O/c1-2-3-4-5-20-6-10-22(11-7-20)29-25(17-26(31)19-28(29)32)13-9-21-8-12-24-18-27(36-30(33,34)35)15-14-23(24)16-21/h8,12,14-20,22H,2-7,9-11,13H2,1H3. The molecule has 0 N–H and O–H groups in total. The van der Waals surface area contributed by atoms with Gasteiger partial charge in [0, 0.05) is 6.07 Å². The molecule has 0 saturated heterocycles. The van der Waals surface area contributed by atoms with Crippen molar-refractivity contribution in [2.75, 3.05) is 0 Å². The number of hydrogen-bond acceptors (Lipinski definition) is 1. The van der Waals surface area contributed by atoms with Gasteiger partial charge in [-0.05, 0) is 96.0 Å². The molecule has 0 aromatic heterocycles. The number of ether oxygens (including phenoxy) is 1. The van der Waals surface area contributed by atoms with Gasteiger partial charge in [0.05, 0.1) is 0 Å². The van der Waals surface area contributed by atoms with E-state index in [9.17, 15) is 22.0 Å². The average molecular weight is 505 g/mol. The molecular formula is C30H33F5O. The molecule has 0 bridgehead atoms. The van der Waals surface area contributed by atoms with Crippen LogP contribution in [-0.4, -0.2) is 6.36 Å². The number of rotatable bonds is 9. The van der Waals surface area contributed by atoms with E-state index in [0.29, 0.717) is 29.7 Å². The van der Waals surface area contributed by atoms with Crippen molar-refractivity contribution in [3.63, 3.8) is 0 Å². The Hall–Kier alpha value is -2.63. The molecule has 6 heteroatoms. The summed E-state index contributed by atoms with van der Waals surface area (Å²) in [6.07, 6.45) is 5.37. The van der Waals surface area contributed by atoms with Gasteiger partial charge in [-0.25, -0.2) is 8.78 Å². The van der Waals surface area contributed by atoms with Crippen LogP contribution >= 0.6 is 0 Å². The lowest BCUT2D eigenvalue weighted by Crippen LogP contribution is -2.17. The summed E-state index contributed by atoms with van der Waals surface area (Å²) in [6, 6.07) is 12.2. The largest absolute Gasteiger partial charge is 0.573 e. The van der Waals surface area contributed by atoms with Crippen LogP contribution in [0.15, 0.2) is 48.5 Å². The van der Waals surface area contributed by atoms with Gasteiger partial charge < -0.3 is 4.74 Å². The quantitative estimate of drug-likeness (QED) is 0.208. The molecule has 3 aromatic carbocycles. The van der Waals surface area contributed by atoms with E-state index in [-0.39, 0.29) is 11.7 Å². The molecule has 1 fully saturated rings. The fourth-order valence-electron chi connectivity index (χ4n) is 5.63. The van der Waals surface area contributed by atoms with Gasteiger partial charge in [-0.2, -0.15) is 0 Å². The van der Waals surface area contributed by atoms with Gasteiger partial charge in [0.1, 0.15) is 17.4 Å². The van der Waals surface area contributed by atoms with Crippen molar-refractivity contribution >= 4 is 10.8 Å². The van der Waals surface area contributed by atoms with Gasteiger partial charge in [0.2, 0.25) is 0 Å². The van der Waals surface area contributed by atoms with E-state index in [0.717, 1.165) is 48.3 Å². The Labute approximate surface area is 209 Å². The minimum Gasteiger partial charge on any atom is -0.406 e. The van der Waals surface area contributed by atoms with Crippen LogP contribution in [-0.2, 0) is 12.8 Å².